The number of halogens is 1. The molecule has 1 unspecified atom stereocenters. The van der Waals surface area contributed by atoms with E-state index in [1.54, 1.807) is 13.3 Å². The Balaban J connectivity index is 1.23. The topological polar surface area (TPSA) is 80.7 Å². The summed E-state index contributed by atoms with van der Waals surface area (Å²) in [5, 5.41) is 15.5. The maximum atomic E-state index is 12.1. The highest BCUT2D eigenvalue weighted by Gasteiger charge is 2.22. The summed E-state index contributed by atoms with van der Waals surface area (Å²) >= 11 is 6.43. The number of fused-ring (bicyclic) bond motifs is 1. The number of ether oxygens (including phenoxy) is 2. The van der Waals surface area contributed by atoms with Crippen LogP contribution in [0.15, 0.2) is 48.7 Å². The standard InChI is InChI=1S/C29H35ClN2O4/c1-35-23-10-11-26-24(18-23)28(25(30)19-32-26)27(33)12-9-21-7-5-20(6-8-21)4-2-3-17-36-29(34)22-13-15-31-16-14-22/h5-8,10-11,18-19,22,27,31,33H,2-4,9,12-17H2,1H3. The smallest absolute Gasteiger partial charge is 0.309 e. The minimum Gasteiger partial charge on any atom is -0.497 e. The first-order valence-electron chi connectivity index (χ1n) is 12.8. The number of hydrogen-bond acceptors (Lipinski definition) is 6. The molecule has 1 aliphatic heterocycles. The predicted molar refractivity (Wildman–Crippen MR) is 143 cm³/mol. The molecule has 1 aliphatic rings. The summed E-state index contributed by atoms with van der Waals surface area (Å²) in [4.78, 5) is 16.5. The van der Waals surface area contributed by atoms with Crippen molar-refractivity contribution >= 4 is 28.5 Å². The zero-order valence-corrected chi connectivity index (χ0v) is 21.6. The third-order valence-corrected chi connectivity index (χ3v) is 7.21. The molecule has 2 heterocycles. The number of aromatic nitrogens is 1. The minimum atomic E-state index is -0.706. The molecule has 4 rings (SSSR count). The Kier molecular flexibility index (Phi) is 9.56. The van der Waals surface area contributed by atoms with Gasteiger partial charge >= 0.3 is 5.97 Å². The Morgan fingerprint density at radius 1 is 1.11 bits per heavy atom. The number of rotatable bonds is 11. The highest BCUT2D eigenvalue weighted by molar-refractivity contribution is 6.32. The van der Waals surface area contributed by atoms with E-state index in [2.05, 4.69) is 34.6 Å². The van der Waals surface area contributed by atoms with E-state index in [1.807, 2.05) is 18.2 Å². The summed E-state index contributed by atoms with van der Waals surface area (Å²) in [6.07, 6.45) is 6.74. The van der Waals surface area contributed by atoms with Crippen LogP contribution in [0.4, 0.5) is 0 Å². The Morgan fingerprint density at radius 2 is 1.83 bits per heavy atom. The molecule has 0 bridgehead atoms. The number of pyridine rings is 1. The number of carbonyl (C=O) groups is 1. The van der Waals surface area contributed by atoms with Crippen LogP contribution in [0.2, 0.25) is 5.02 Å². The lowest BCUT2D eigenvalue weighted by Gasteiger charge is -2.20. The summed E-state index contributed by atoms with van der Waals surface area (Å²) in [5.41, 5.74) is 3.90. The average Bonchev–Trinajstić information content (AvgIpc) is 2.92. The second-order valence-electron chi connectivity index (χ2n) is 9.42. The molecule has 0 spiro atoms. The van der Waals surface area contributed by atoms with Crippen molar-refractivity contribution in [2.75, 3.05) is 26.8 Å². The highest BCUT2D eigenvalue weighted by atomic mass is 35.5. The summed E-state index contributed by atoms with van der Waals surface area (Å²) in [6, 6.07) is 14.1. The fraction of sp³-hybridized carbons (Fsp3) is 0.448. The summed E-state index contributed by atoms with van der Waals surface area (Å²) < 4.78 is 10.8. The van der Waals surface area contributed by atoms with Crippen molar-refractivity contribution < 1.29 is 19.4 Å². The molecule has 0 amide bonds. The number of aliphatic hydroxyl groups excluding tert-OH is 1. The third kappa shape index (κ3) is 6.96. The van der Waals surface area contributed by atoms with Gasteiger partial charge in [0.25, 0.3) is 0 Å². The van der Waals surface area contributed by atoms with Crippen molar-refractivity contribution in [3.63, 3.8) is 0 Å². The maximum Gasteiger partial charge on any atom is 0.309 e. The van der Waals surface area contributed by atoms with Gasteiger partial charge in [-0.05, 0) is 87.4 Å². The lowest BCUT2D eigenvalue weighted by Crippen LogP contribution is -2.32. The third-order valence-electron chi connectivity index (χ3n) is 6.91. The van der Waals surface area contributed by atoms with Gasteiger partial charge in [0.05, 0.1) is 36.3 Å². The van der Waals surface area contributed by atoms with Crippen LogP contribution in [0.25, 0.3) is 10.9 Å². The SMILES string of the molecule is COc1ccc2ncc(Cl)c(C(O)CCc3ccc(CCCCOC(=O)C4CCNCC4)cc3)c2c1. The normalized spacial score (nSPS) is 15.1. The molecule has 2 N–H and O–H groups in total. The van der Waals surface area contributed by atoms with E-state index < -0.39 is 6.10 Å². The number of nitrogens with zero attached hydrogens (tertiary/aromatic N) is 1. The molecule has 6 nitrogen and oxygen atoms in total. The molecule has 0 aliphatic carbocycles. The van der Waals surface area contributed by atoms with E-state index in [1.165, 1.54) is 11.1 Å². The van der Waals surface area contributed by atoms with Crippen LogP contribution in [0.3, 0.4) is 0 Å². The Morgan fingerprint density at radius 3 is 2.56 bits per heavy atom. The van der Waals surface area contributed by atoms with Crippen LogP contribution < -0.4 is 10.1 Å². The summed E-state index contributed by atoms with van der Waals surface area (Å²) in [6.45, 7) is 2.30. The van der Waals surface area contributed by atoms with Crippen molar-refractivity contribution in [3.8, 4) is 5.75 Å². The van der Waals surface area contributed by atoms with Crippen molar-refractivity contribution in [3.05, 3.63) is 70.4 Å². The van der Waals surface area contributed by atoms with Crippen LogP contribution in [0.1, 0.15) is 54.9 Å². The second-order valence-corrected chi connectivity index (χ2v) is 9.83. The quantitative estimate of drug-likeness (QED) is 0.264. The first kappa shape index (κ1) is 26.4. The first-order chi connectivity index (χ1) is 17.5. The lowest BCUT2D eigenvalue weighted by atomic mass is 9.97. The number of piperidine rings is 1. The monoisotopic (exact) mass is 510 g/mol. The predicted octanol–water partition coefficient (Wildman–Crippen LogP) is 5.43. The maximum absolute atomic E-state index is 12.1. The van der Waals surface area contributed by atoms with Gasteiger partial charge in [0.2, 0.25) is 0 Å². The van der Waals surface area contributed by atoms with Gasteiger partial charge in [0, 0.05) is 17.1 Å². The number of aliphatic hydroxyl groups is 1. The van der Waals surface area contributed by atoms with Crippen LogP contribution in [0, 0.1) is 5.92 Å². The fourth-order valence-corrected chi connectivity index (χ4v) is 5.01. The van der Waals surface area contributed by atoms with Gasteiger partial charge in [-0.2, -0.15) is 0 Å². The molecule has 1 fully saturated rings. The first-order valence-corrected chi connectivity index (χ1v) is 13.2. The van der Waals surface area contributed by atoms with Crippen molar-refractivity contribution in [2.24, 2.45) is 5.92 Å². The van der Waals surface area contributed by atoms with Crippen LogP contribution in [-0.2, 0) is 22.4 Å². The fourth-order valence-electron chi connectivity index (χ4n) is 4.73. The van der Waals surface area contributed by atoms with Crippen molar-refractivity contribution in [2.45, 2.75) is 51.0 Å². The molecule has 1 atom stereocenters. The van der Waals surface area contributed by atoms with E-state index >= 15 is 0 Å². The van der Waals surface area contributed by atoms with Gasteiger partial charge in [-0.1, -0.05) is 35.9 Å². The van der Waals surface area contributed by atoms with Crippen molar-refractivity contribution in [1.82, 2.24) is 10.3 Å². The van der Waals surface area contributed by atoms with E-state index in [4.69, 9.17) is 21.1 Å². The zero-order valence-electron chi connectivity index (χ0n) is 20.8. The van der Waals surface area contributed by atoms with Crippen LogP contribution in [0.5, 0.6) is 5.75 Å². The Hall–Kier alpha value is -2.67. The van der Waals surface area contributed by atoms with E-state index in [9.17, 15) is 9.90 Å². The van der Waals surface area contributed by atoms with Gasteiger partial charge in [-0.25, -0.2) is 0 Å². The molecule has 2 aromatic carbocycles. The Labute approximate surface area is 218 Å². The zero-order chi connectivity index (χ0) is 25.3. The number of benzene rings is 2. The lowest BCUT2D eigenvalue weighted by molar-refractivity contribution is -0.149. The van der Waals surface area contributed by atoms with Crippen molar-refractivity contribution in [1.29, 1.82) is 0 Å². The number of carbonyl (C=O) groups excluding carboxylic acids is 1. The molecule has 1 saturated heterocycles. The van der Waals surface area contributed by atoms with Gasteiger partial charge in [0.15, 0.2) is 0 Å². The Bertz CT molecular complexity index is 1150. The highest BCUT2D eigenvalue weighted by Crippen LogP contribution is 2.34. The van der Waals surface area contributed by atoms with Crippen LogP contribution in [-0.4, -0.2) is 42.9 Å². The van der Waals surface area contributed by atoms with Gasteiger partial charge in [0.1, 0.15) is 5.75 Å². The van der Waals surface area contributed by atoms with E-state index in [0.717, 1.165) is 62.5 Å². The number of aryl methyl sites for hydroxylation is 2. The molecular formula is C29H35ClN2O4. The van der Waals surface area contributed by atoms with Gasteiger partial charge < -0.3 is 19.9 Å². The minimum absolute atomic E-state index is 0.0387. The largest absolute Gasteiger partial charge is 0.497 e. The van der Waals surface area contributed by atoms with Gasteiger partial charge in [-0.15, -0.1) is 0 Å². The number of methoxy groups -OCH3 is 1. The van der Waals surface area contributed by atoms with Gasteiger partial charge in [-0.3, -0.25) is 9.78 Å². The average molecular weight is 511 g/mol. The molecular weight excluding hydrogens is 476 g/mol. The number of unbranched alkanes of at least 4 members (excludes halogenated alkanes) is 1. The summed E-state index contributed by atoms with van der Waals surface area (Å²) in [5.74, 6) is 0.729. The molecule has 36 heavy (non-hydrogen) atoms. The molecule has 192 valence electrons. The van der Waals surface area contributed by atoms with Crippen LogP contribution >= 0.6 is 11.6 Å². The molecule has 7 heteroatoms. The second kappa shape index (κ2) is 13.0. The number of nitrogens with one attached hydrogen (secondary N) is 1. The number of esters is 1. The molecule has 1 aromatic heterocycles. The molecule has 3 aromatic rings. The number of hydrogen-bond donors (Lipinski definition) is 2. The molecule has 0 saturated carbocycles. The summed E-state index contributed by atoms with van der Waals surface area (Å²) in [7, 11) is 1.61. The van der Waals surface area contributed by atoms with E-state index in [0.29, 0.717) is 29.4 Å². The molecule has 0 radical (unpaired) electrons. The van der Waals surface area contributed by atoms with E-state index in [-0.39, 0.29) is 11.9 Å².